The Hall–Kier alpha value is -1.79. The average molecular weight is 378 g/mol. The van der Waals surface area contributed by atoms with E-state index in [-0.39, 0.29) is 23.8 Å². The molecule has 5 heterocycles. The predicted molar refractivity (Wildman–Crippen MR) is 96.8 cm³/mol. The zero-order valence-corrected chi connectivity index (χ0v) is 16.7. The van der Waals surface area contributed by atoms with Crippen LogP contribution < -0.4 is 5.32 Å². The minimum Gasteiger partial charge on any atom is -0.429 e. The van der Waals surface area contributed by atoms with E-state index in [1.807, 2.05) is 7.05 Å². The van der Waals surface area contributed by atoms with Gasteiger partial charge in [-0.05, 0) is 65.7 Å². The van der Waals surface area contributed by atoms with Crippen LogP contribution in [-0.2, 0) is 19.1 Å². The van der Waals surface area contributed by atoms with E-state index in [1.165, 1.54) is 0 Å². The third kappa shape index (κ3) is 2.57. The summed E-state index contributed by atoms with van der Waals surface area (Å²) in [6.07, 6.45) is 3.85. The van der Waals surface area contributed by atoms with Crippen molar-refractivity contribution >= 4 is 18.0 Å². The molecule has 2 aliphatic carbocycles. The summed E-state index contributed by atoms with van der Waals surface area (Å²) in [5, 5.41) is 3.21. The predicted octanol–water partition coefficient (Wildman–Crippen LogP) is 2.38. The highest BCUT2D eigenvalue weighted by atomic mass is 16.7. The van der Waals surface area contributed by atoms with E-state index in [0.717, 1.165) is 32.1 Å². The van der Waals surface area contributed by atoms with Crippen molar-refractivity contribution in [2.24, 2.45) is 11.3 Å². The lowest BCUT2D eigenvalue weighted by atomic mass is 9.50. The molecule has 0 radical (unpaired) electrons. The molecule has 4 bridgehead atoms. The number of piperidine rings is 2. The molecule has 7 nitrogen and oxygen atoms in total. The second-order valence-corrected chi connectivity index (χ2v) is 9.67. The first kappa shape index (κ1) is 18.6. The third-order valence-electron chi connectivity index (χ3n) is 7.19. The number of amides is 2. The fourth-order valence-corrected chi connectivity index (χ4v) is 6.07. The van der Waals surface area contributed by atoms with Crippen LogP contribution >= 0.6 is 0 Å². The van der Waals surface area contributed by atoms with Crippen LogP contribution in [0.15, 0.2) is 0 Å². The molecule has 7 rings (SSSR count). The molecular formula is C20H30N2O5. The Morgan fingerprint density at radius 1 is 1.15 bits per heavy atom. The fourth-order valence-electron chi connectivity index (χ4n) is 6.07. The van der Waals surface area contributed by atoms with Crippen molar-refractivity contribution in [1.29, 1.82) is 0 Å². The molecule has 7 heteroatoms. The van der Waals surface area contributed by atoms with Gasteiger partial charge in [0, 0.05) is 13.1 Å². The normalized spacial score (nSPS) is 40.7. The van der Waals surface area contributed by atoms with E-state index in [2.05, 4.69) is 5.32 Å². The summed E-state index contributed by atoms with van der Waals surface area (Å²) in [7, 11) is 1.83. The molecule has 0 aromatic heterocycles. The van der Waals surface area contributed by atoms with Crippen molar-refractivity contribution in [2.45, 2.75) is 89.0 Å². The summed E-state index contributed by atoms with van der Waals surface area (Å²) in [4.78, 5) is 40.6. The second kappa shape index (κ2) is 5.85. The van der Waals surface area contributed by atoms with E-state index >= 15 is 0 Å². The lowest BCUT2D eigenvalue weighted by Crippen LogP contribution is -2.80. The Balaban J connectivity index is 1.73. The van der Waals surface area contributed by atoms with E-state index in [0.29, 0.717) is 12.8 Å². The topological polar surface area (TPSA) is 84.9 Å². The molecule has 1 N–H and O–H groups in total. The van der Waals surface area contributed by atoms with Gasteiger partial charge in [-0.1, -0.05) is 0 Å². The van der Waals surface area contributed by atoms with Gasteiger partial charge < -0.3 is 19.7 Å². The van der Waals surface area contributed by atoms with Crippen molar-refractivity contribution in [2.75, 3.05) is 7.05 Å². The van der Waals surface area contributed by atoms with Crippen molar-refractivity contribution in [3.05, 3.63) is 0 Å². The second-order valence-electron chi connectivity index (χ2n) is 9.67. The van der Waals surface area contributed by atoms with Gasteiger partial charge >= 0.3 is 6.16 Å². The van der Waals surface area contributed by atoms with Crippen LogP contribution in [0.4, 0.5) is 4.79 Å². The first-order valence-corrected chi connectivity index (χ1v) is 10.1. The Bertz CT molecular complexity index is 686. The number of carbonyl (C=O) groups excluding carboxylic acids is 3. The number of nitrogens with one attached hydrogen (secondary N) is 1. The summed E-state index contributed by atoms with van der Waals surface area (Å²) in [6, 6.07) is -0.0198. The Labute approximate surface area is 160 Å². The maximum Gasteiger partial charge on any atom is 0.509 e. The standard InChI is InChI=1S/C20H30N2O5/c1-18(2,3)27-17(25)26-14-6-5-9-19-10-8-13(22(4)16(19)24)12-7-11-20(14,19)21-15(12)23/h12-14H,5-11H2,1-4H3,(H,21,23)/t12?,13?,14-,19-,20-/m0/s1. The number of hydrogen-bond donors (Lipinski definition) is 1. The maximum atomic E-state index is 13.5. The molecule has 7 aliphatic rings. The summed E-state index contributed by atoms with van der Waals surface area (Å²) in [6.45, 7) is 5.37. The fraction of sp³-hybridized carbons (Fsp3) is 0.850. The summed E-state index contributed by atoms with van der Waals surface area (Å²) >= 11 is 0. The highest BCUT2D eigenvalue weighted by Gasteiger charge is 2.69. The zero-order chi connectivity index (χ0) is 19.6. The van der Waals surface area contributed by atoms with Crippen LogP contribution in [0.5, 0.6) is 0 Å². The third-order valence-corrected chi connectivity index (χ3v) is 7.19. The summed E-state index contributed by atoms with van der Waals surface area (Å²) in [5.74, 6) is -0.0812. The van der Waals surface area contributed by atoms with Crippen molar-refractivity contribution in [3.63, 3.8) is 0 Å². The molecule has 2 amide bonds. The van der Waals surface area contributed by atoms with Gasteiger partial charge in [-0.25, -0.2) is 4.79 Å². The largest absolute Gasteiger partial charge is 0.509 e. The van der Waals surface area contributed by atoms with E-state index in [1.54, 1.807) is 25.7 Å². The molecular weight excluding hydrogens is 348 g/mol. The molecule has 0 aromatic carbocycles. The maximum absolute atomic E-state index is 13.5. The van der Waals surface area contributed by atoms with Crippen LogP contribution in [0.2, 0.25) is 0 Å². The minimum atomic E-state index is -0.827. The van der Waals surface area contributed by atoms with E-state index in [4.69, 9.17) is 9.47 Å². The minimum absolute atomic E-state index is 0.00522. The highest BCUT2D eigenvalue weighted by Crippen LogP contribution is 2.58. The SMILES string of the molecule is CN1C(=O)[C@@]23CCC[C@H](OC(=O)OC(C)(C)C)[C@@]24CCC(C(=O)N4)C1CC3. The van der Waals surface area contributed by atoms with Gasteiger partial charge in [0.25, 0.3) is 0 Å². The van der Waals surface area contributed by atoms with Gasteiger partial charge in [0.15, 0.2) is 0 Å². The monoisotopic (exact) mass is 378 g/mol. The van der Waals surface area contributed by atoms with Crippen molar-refractivity contribution < 1.29 is 23.9 Å². The molecule has 5 atom stereocenters. The van der Waals surface area contributed by atoms with Crippen molar-refractivity contribution in [3.8, 4) is 0 Å². The lowest BCUT2D eigenvalue weighted by Gasteiger charge is -2.64. The summed E-state index contributed by atoms with van der Waals surface area (Å²) in [5.41, 5.74) is -2.17. The number of hydrogen-bond acceptors (Lipinski definition) is 5. The highest BCUT2D eigenvalue weighted by molar-refractivity contribution is 5.91. The Morgan fingerprint density at radius 3 is 2.56 bits per heavy atom. The quantitative estimate of drug-likeness (QED) is 0.708. The Morgan fingerprint density at radius 2 is 1.89 bits per heavy atom. The first-order chi connectivity index (χ1) is 12.6. The first-order valence-electron chi connectivity index (χ1n) is 10.1. The van der Waals surface area contributed by atoms with Crippen LogP contribution in [0, 0.1) is 11.3 Å². The van der Waals surface area contributed by atoms with E-state index < -0.39 is 28.8 Å². The number of ether oxygens (including phenoxy) is 2. The van der Waals surface area contributed by atoms with Gasteiger partial charge in [0.2, 0.25) is 11.8 Å². The number of nitrogens with zero attached hydrogens (tertiary/aromatic N) is 1. The van der Waals surface area contributed by atoms with Crippen LogP contribution in [0.1, 0.15) is 65.7 Å². The number of rotatable bonds is 1. The smallest absolute Gasteiger partial charge is 0.429 e. The van der Waals surface area contributed by atoms with Gasteiger partial charge in [-0.15, -0.1) is 0 Å². The molecule has 5 aliphatic heterocycles. The molecule has 27 heavy (non-hydrogen) atoms. The molecule has 7 fully saturated rings. The zero-order valence-electron chi connectivity index (χ0n) is 16.7. The average Bonchev–Trinajstić information content (AvgIpc) is 2.54. The molecule has 2 spiro atoms. The van der Waals surface area contributed by atoms with Crippen LogP contribution in [-0.4, -0.2) is 53.2 Å². The Kier molecular flexibility index (Phi) is 4.02. The molecule has 5 saturated heterocycles. The number of carbonyl (C=O) groups is 3. The van der Waals surface area contributed by atoms with Gasteiger partial charge in [0.1, 0.15) is 11.7 Å². The lowest BCUT2D eigenvalue weighted by molar-refractivity contribution is -0.192. The van der Waals surface area contributed by atoms with Crippen molar-refractivity contribution in [1.82, 2.24) is 10.2 Å². The molecule has 2 unspecified atom stereocenters. The summed E-state index contributed by atoms with van der Waals surface area (Å²) < 4.78 is 11.1. The van der Waals surface area contributed by atoms with Gasteiger partial charge in [-0.3, -0.25) is 9.59 Å². The van der Waals surface area contributed by atoms with Gasteiger partial charge in [0.05, 0.1) is 16.9 Å². The van der Waals surface area contributed by atoms with E-state index in [9.17, 15) is 14.4 Å². The van der Waals surface area contributed by atoms with Gasteiger partial charge in [-0.2, -0.15) is 0 Å². The molecule has 0 aromatic rings. The molecule has 150 valence electrons. The van der Waals surface area contributed by atoms with Crippen LogP contribution in [0.3, 0.4) is 0 Å². The molecule has 2 saturated carbocycles. The van der Waals surface area contributed by atoms with Crippen LogP contribution in [0.25, 0.3) is 0 Å².